The van der Waals surface area contributed by atoms with E-state index in [2.05, 4.69) is 35.2 Å². The van der Waals surface area contributed by atoms with Crippen molar-refractivity contribution in [2.24, 2.45) is 5.92 Å². The summed E-state index contributed by atoms with van der Waals surface area (Å²) in [5.74, 6) is 2.72. The van der Waals surface area contributed by atoms with E-state index in [9.17, 15) is 0 Å². The summed E-state index contributed by atoms with van der Waals surface area (Å²) in [5.41, 5.74) is 0. The van der Waals surface area contributed by atoms with Gasteiger partial charge in [0.1, 0.15) is 17.5 Å². The summed E-state index contributed by atoms with van der Waals surface area (Å²) in [7, 11) is 3.79. The minimum Gasteiger partial charge on any atom is -0.373 e. The van der Waals surface area contributed by atoms with E-state index in [-0.39, 0.29) is 11.8 Å². The largest absolute Gasteiger partial charge is 0.373 e. The second kappa shape index (κ2) is 6.20. The number of anilines is 2. The van der Waals surface area contributed by atoms with Crippen LogP contribution < -0.4 is 10.2 Å². The Hall–Kier alpha value is -1.83. The molecular formula is C13H21N5. The normalized spacial score (nSPS) is 12.1. The topological polar surface area (TPSA) is 64.8 Å². The molecule has 5 heteroatoms. The van der Waals surface area contributed by atoms with Gasteiger partial charge in [-0.3, -0.25) is 0 Å². The summed E-state index contributed by atoms with van der Waals surface area (Å²) in [6, 6.07) is 4.13. The number of nitrogens with zero attached hydrogens (tertiary/aromatic N) is 4. The maximum Gasteiger partial charge on any atom is 0.135 e. The third kappa shape index (κ3) is 3.59. The average Bonchev–Trinajstić information content (AvgIpc) is 2.37. The lowest BCUT2D eigenvalue weighted by Gasteiger charge is -2.21. The average molecular weight is 247 g/mol. The van der Waals surface area contributed by atoms with E-state index in [1.54, 1.807) is 0 Å². The first-order chi connectivity index (χ1) is 8.47. The molecular weight excluding hydrogens is 226 g/mol. The third-order valence-electron chi connectivity index (χ3n) is 2.66. The Balaban J connectivity index is 3.00. The van der Waals surface area contributed by atoms with Crippen molar-refractivity contribution >= 4 is 11.6 Å². The van der Waals surface area contributed by atoms with Crippen LogP contribution in [0.5, 0.6) is 0 Å². The highest BCUT2D eigenvalue weighted by atomic mass is 15.2. The molecule has 0 aliphatic heterocycles. The molecule has 18 heavy (non-hydrogen) atoms. The molecule has 0 spiro atoms. The van der Waals surface area contributed by atoms with Crippen molar-refractivity contribution in [3.8, 4) is 6.07 Å². The number of aromatic nitrogens is 2. The summed E-state index contributed by atoms with van der Waals surface area (Å²) in [5, 5.41) is 11.9. The number of hydrogen-bond donors (Lipinski definition) is 1. The summed E-state index contributed by atoms with van der Waals surface area (Å²) < 4.78 is 0. The molecule has 1 rings (SSSR count). The van der Waals surface area contributed by atoms with Crippen molar-refractivity contribution in [1.29, 1.82) is 5.26 Å². The predicted molar refractivity (Wildman–Crippen MR) is 73.7 cm³/mol. The first kappa shape index (κ1) is 14.2. The van der Waals surface area contributed by atoms with Crippen LogP contribution >= 0.6 is 0 Å². The summed E-state index contributed by atoms with van der Waals surface area (Å²) in [4.78, 5) is 10.9. The molecule has 1 unspecified atom stereocenters. The number of nitriles is 1. The molecule has 0 fully saturated rings. The van der Waals surface area contributed by atoms with Crippen LogP contribution in [0.3, 0.4) is 0 Å². The fourth-order valence-corrected chi connectivity index (χ4v) is 1.58. The number of rotatable bonds is 5. The van der Waals surface area contributed by atoms with Crippen LogP contribution in [0.2, 0.25) is 0 Å². The van der Waals surface area contributed by atoms with Gasteiger partial charge in [0.2, 0.25) is 0 Å². The molecule has 0 aliphatic carbocycles. The first-order valence-corrected chi connectivity index (χ1v) is 6.15. The second-order valence-electron chi connectivity index (χ2n) is 4.78. The maximum atomic E-state index is 8.85. The zero-order valence-electron chi connectivity index (χ0n) is 11.7. The van der Waals surface area contributed by atoms with E-state index in [4.69, 9.17) is 5.26 Å². The Bertz CT molecular complexity index is 435. The van der Waals surface area contributed by atoms with Gasteiger partial charge in [-0.25, -0.2) is 9.97 Å². The zero-order chi connectivity index (χ0) is 13.7. The van der Waals surface area contributed by atoms with Gasteiger partial charge in [-0.15, -0.1) is 0 Å². The highest BCUT2D eigenvalue weighted by Crippen LogP contribution is 2.19. The smallest absolute Gasteiger partial charge is 0.135 e. The van der Waals surface area contributed by atoms with Gasteiger partial charge in [0.05, 0.1) is 12.0 Å². The maximum absolute atomic E-state index is 8.85. The summed E-state index contributed by atoms with van der Waals surface area (Å²) >= 11 is 0. The van der Waals surface area contributed by atoms with E-state index in [1.165, 1.54) is 0 Å². The molecule has 0 radical (unpaired) electrons. The lowest BCUT2D eigenvalue weighted by molar-refractivity contribution is 0.700. The standard InChI is InChI=1S/C13H21N5/c1-9(2)13-16-11(15-4)6-12(17-13)18(5)8-10(3)7-14/h6,9-10H,8H2,1-5H3,(H,15,16,17). The van der Waals surface area contributed by atoms with Crippen molar-refractivity contribution in [2.75, 3.05) is 30.9 Å². The molecule has 5 nitrogen and oxygen atoms in total. The van der Waals surface area contributed by atoms with E-state index >= 15 is 0 Å². The summed E-state index contributed by atoms with van der Waals surface area (Å²) in [6.07, 6.45) is 0. The predicted octanol–water partition coefficient (Wildman–Crippen LogP) is 2.24. The molecule has 0 saturated carbocycles. The van der Waals surface area contributed by atoms with Gasteiger partial charge in [0, 0.05) is 32.6 Å². The third-order valence-corrected chi connectivity index (χ3v) is 2.66. The van der Waals surface area contributed by atoms with Gasteiger partial charge >= 0.3 is 0 Å². The van der Waals surface area contributed by atoms with Gasteiger partial charge in [-0.2, -0.15) is 5.26 Å². The molecule has 1 N–H and O–H groups in total. The Morgan fingerprint density at radius 3 is 2.56 bits per heavy atom. The fourth-order valence-electron chi connectivity index (χ4n) is 1.58. The van der Waals surface area contributed by atoms with E-state index in [0.717, 1.165) is 17.5 Å². The van der Waals surface area contributed by atoms with Crippen LogP contribution in [0, 0.1) is 17.2 Å². The van der Waals surface area contributed by atoms with Crippen LogP contribution in [-0.4, -0.2) is 30.6 Å². The zero-order valence-corrected chi connectivity index (χ0v) is 11.7. The van der Waals surface area contributed by atoms with Gasteiger partial charge in [-0.05, 0) is 6.92 Å². The summed E-state index contributed by atoms with van der Waals surface area (Å²) in [6.45, 7) is 6.70. The van der Waals surface area contributed by atoms with Crippen molar-refractivity contribution in [3.05, 3.63) is 11.9 Å². The Morgan fingerprint density at radius 2 is 2.06 bits per heavy atom. The van der Waals surface area contributed by atoms with Gasteiger partial charge in [0.25, 0.3) is 0 Å². The van der Waals surface area contributed by atoms with Crippen LogP contribution in [0.1, 0.15) is 32.5 Å². The van der Waals surface area contributed by atoms with Crippen LogP contribution in [0.25, 0.3) is 0 Å². The lowest BCUT2D eigenvalue weighted by atomic mass is 10.2. The van der Waals surface area contributed by atoms with E-state index < -0.39 is 0 Å². The molecule has 0 bridgehead atoms. The monoisotopic (exact) mass is 247 g/mol. The van der Waals surface area contributed by atoms with Crippen LogP contribution in [0.15, 0.2) is 6.07 Å². The molecule has 0 saturated heterocycles. The first-order valence-electron chi connectivity index (χ1n) is 6.15. The van der Waals surface area contributed by atoms with Crippen LogP contribution in [0.4, 0.5) is 11.6 Å². The Kier molecular flexibility index (Phi) is 4.90. The van der Waals surface area contributed by atoms with Crippen LogP contribution in [-0.2, 0) is 0 Å². The highest BCUT2D eigenvalue weighted by molar-refractivity contribution is 5.49. The highest BCUT2D eigenvalue weighted by Gasteiger charge is 2.12. The van der Waals surface area contributed by atoms with E-state index in [0.29, 0.717) is 6.54 Å². The lowest BCUT2D eigenvalue weighted by Crippen LogP contribution is -2.25. The van der Waals surface area contributed by atoms with Crippen molar-refractivity contribution in [3.63, 3.8) is 0 Å². The minimum absolute atomic E-state index is 0.0227. The van der Waals surface area contributed by atoms with Crippen molar-refractivity contribution in [2.45, 2.75) is 26.7 Å². The van der Waals surface area contributed by atoms with Gasteiger partial charge < -0.3 is 10.2 Å². The second-order valence-corrected chi connectivity index (χ2v) is 4.78. The van der Waals surface area contributed by atoms with Crippen molar-refractivity contribution in [1.82, 2.24) is 9.97 Å². The quantitative estimate of drug-likeness (QED) is 0.864. The van der Waals surface area contributed by atoms with E-state index in [1.807, 2.05) is 32.0 Å². The SMILES string of the molecule is CNc1cc(N(C)CC(C)C#N)nc(C(C)C)n1. The minimum atomic E-state index is -0.0227. The molecule has 0 aromatic carbocycles. The Labute approximate surface area is 109 Å². The molecule has 1 atom stereocenters. The van der Waals surface area contributed by atoms with Gasteiger partial charge in [0.15, 0.2) is 0 Å². The molecule has 1 aromatic heterocycles. The Morgan fingerprint density at radius 1 is 1.39 bits per heavy atom. The molecule has 0 aliphatic rings. The number of hydrogen-bond acceptors (Lipinski definition) is 5. The molecule has 98 valence electrons. The fraction of sp³-hybridized carbons (Fsp3) is 0.615. The number of nitrogens with one attached hydrogen (secondary N) is 1. The molecule has 1 aromatic rings. The van der Waals surface area contributed by atoms with Gasteiger partial charge in [-0.1, -0.05) is 13.8 Å². The molecule has 1 heterocycles. The van der Waals surface area contributed by atoms with Crippen molar-refractivity contribution < 1.29 is 0 Å². The molecule has 0 amide bonds.